The third kappa shape index (κ3) is 40.1. The van der Waals surface area contributed by atoms with E-state index in [4.69, 9.17) is 9.47 Å². The number of rotatable bonds is 13. The number of hydrogen-bond acceptors (Lipinski definition) is 8. The van der Waals surface area contributed by atoms with Crippen molar-refractivity contribution in [2.24, 2.45) is 5.92 Å². The largest absolute Gasteiger partial charge is 0.481 e. The Morgan fingerprint density at radius 2 is 1.57 bits per heavy atom. The van der Waals surface area contributed by atoms with Crippen molar-refractivity contribution >= 4 is 24.4 Å². The first kappa shape index (κ1) is 46.9. The van der Waals surface area contributed by atoms with Crippen LogP contribution in [0, 0.1) is 5.92 Å². The maximum Gasteiger partial charge on any atom is 0.408 e. The van der Waals surface area contributed by atoms with Crippen molar-refractivity contribution in [2.75, 3.05) is 40.5 Å². The Kier molecular flexibility index (Phi) is 34.0. The predicted molar refractivity (Wildman–Crippen MR) is 176 cm³/mol. The lowest BCUT2D eigenvalue weighted by Crippen LogP contribution is -2.42. The Hall–Kier alpha value is -4.04. The van der Waals surface area contributed by atoms with Crippen LogP contribution < -0.4 is 16.0 Å². The first-order valence-electron chi connectivity index (χ1n) is 14.4. The van der Waals surface area contributed by atoms with Crippen LogP contribution in [0.25, 0.3) is 0 Å². The van der Waals surface area contributed by atoms with Gasteiger partial charge in [-0.25, -0.2) is 4.79 Å². The maximum atomic E-state index is 11.5. The van der Waals surface area contributed by atoms with Gasteiger partial charge in [0.2, 0.25) is 12.3 Å². The van der Waals surface area contributed by atoms with Crippen molar-refractivity contribution in [3.8, 4) is 0 Å². The number of alkyl carbamates (subject to hydrolysis) is 1. The molecule has 0 spiro atoms. The molecule has 0 aliphatic heterocycles. The molecule has 1 aliphatic carbocycles. The molecule has 0 heterocycles. The number of allylic oxidation sites excluding steroid dienone is 3. The zero-order valence-corrected chi connectivity index (χ0v) is 28.8. The standard InChI is InChI=1S/C13H26N2O3.C10H10O.C4H7NO3.C4H8O.C2H6/c1-9(2)7-10(3)15-11(16)8-14-12(17)18-13(4,5)6;1-3-8-11-10-6-4-9(2)5-7-10;1-8-4(7)2-5-3-6;1-3-4-5-2;1-2/h9-10H,7-8H2,1-6H3,(H,14,17)(H,15,16);3-4,6H,1,8H2,2H3;3H,2H2,1H3,(H,5,6);3H,1,4H2,2H3;1-2H3. The Bertz CT molecular complexity index is 953. The van der Waals surface area contributed by atoms with E-state index >= 15 is 0 Å². The van der Waals surface area contributed by atoms with E-state index in [1.165, 1.54) is 7.11 Å². The highest BCUT2D eigenvalue weighted by Crippen LogP contribution is 2.07. The topological polar surface area (TPSA) is 141 Å². The van der Waals surface area contributed by atoms with E-state index < -0.39 is 17.7 Å². The van der Waals surface area contributed by atoms with Crippen molar-refractivity contribution in [1.82, 2.24) is 16.0 Å². The van der Waals surface area contributed by atoms with Crippen LogP contribution in [0.15, 0.2) is 60.3 Å². The summed E-state index contributed by atoms with van der Waals surface area (Å²) in [6.45, 7) is 25.5. The number of carbonyl (C=O) groups is 4. The van der Waals surface area contributed by atoms with E-state index in [9.17, 15) is 19.2 Å². The predicted octanol–water partition coefficient (Wildman–Crippen LogP) is 5.16. The second kappa shape index (κ2) is 31.9. The molecule has 11 heteroatoms. The van der Waals surface area contributed by atoms with Crippen LogP contribution in [0.5, 0.6) is 0 Å². The molecule has 3 N–H and O–H groups in total. The zero-order chi connectivity index (χ0) is 35.0. The van der Waals surface area contributed by atoms with Crippen molar-refractivity contribution in [2.45, 2.75) is 80.4 Å². The molecule has 1 aliphatic rings. The lowest BCUT2D eigenvalue weighted by Gasteiger charge is -2.20. The summed E-state index contributed by atoms with van der Waals surface area (Å²) in [6, 6.07) is 0.109. The van der Waals surface area contributed by atoms with E-state index in [0.29, 0.717) is 25.5 Å². The van der Waals surface area contributed by atoms with E-state index in [1.807, 2.05) is 39.8 Å². The summed E-state index contributed by atoms with van der Waals surface area (Å²) < 4.78 is 19.0. The van der Waals surface area contributed by atoms with Crippen molar-refractivity contribution in [3.05, 3.63) is 60.3 Å². The van der Waals surface area contributed by atoms with Crippen LogP contribution in [0.4, 0.5) is 4.79 Å². The highest BCUT2D eigenvalue weighted by atomic mass is 16.6. The van der Waals surface area contributed by atoms with Gasteiger partial charge in [-0.2, -0.15) is 0 Å². The Morgan fingerprint density at radius 3 is 1.95 bits per heavy atom. The van der Waals surface area contributed by atoms with Crippen LogP contribution in [-0.2, 0) is 33.3 Å². The highest BCUT2D eigenvalue weighted by molar-refractivity contribution is 5.82. The monoisotopic (exact) mass is 623 g/mol. The summed E-state index contributed by atoms with van der Waals surface area (Å²) in [5, 5.41) is 7.39. The number of ether oxygens (including phenoxy) is 4. The number of amides is 3. The van der Waals surface area contributed by atoms with Gasteiger partial charge < -0.3 is 34.9 Å². The number of esters is 1. The minimum atomic E-state index is -0.575. The van der Waals surface area contributed by atoms with Gasteiger partial charge in [-0.1, -0.05) is 52.2 Å². The molecule has 1 unspecified atom stereocenters. The minimum absolute atomic E-state index is 0.0556. The summed E-state index contributed by atoms with van der Waals surface area (Å²) in [5.41, 5.74) is 6.32. The van der Waals surface area contributed by atoms with Gasteiger partial charge in [-0.15, -0.1) is 6.58 Å². The van der Waals surface area contributed by atoms with Crippen molar-refractivity contribution in [1.29, 1.82) is 0 Å². The molecule has 11 nitrogen and oxygen atoms in total. The van der Waals surface area contributed by atoms with Gasteiger partial charge in [0, 0.05) is 13.2 Å². The Morgan fingerprint density at radius 1 is 0.977 bits per heavy atom. The van der Waals surface area contributed by atoms with Gasteiger partial charge in [0.05, 0.1) is 13.7 Å². The molecule has 0 fully saturated rings. The number of methoxy groups -OCH3 is 2. The molecular weight excluding hydrogens is 566 g/mol. The van der Waals surface area contributed by atoms with E-state index in [1.54, 1.807) is 40.0 Å². The van der Waals surface area contributed by atoms with Crippen molar-refractivity contribution < 1.29 is 38.1 Å². The third-order valence-electron chi connectivity index (χ3n) is 4.09. The molecular formula is C33H57N3O8. The molecule has 252 valence electrons. The first-order valence-corrected chi connectivity index (χ1v) is 14.4. The van der Waals surface area contributed by atoms with Gasteiger partial charge in [-0.05, 0) is 70.4 Å². The summed E-state index contributed by atoms with van der Waals surface area (Å²) in [7, 11) is 2.90. The molecule has 0 radical (unpaired) electrons. The fourth-order valence-corrected chi connectivity index (χ4v) is 2.55. The van der Waals surface area contributed by atoms with Crippen LogP contribution in [0.1, 0.15) is 68.7 Å². The lowest BCUT2D eigenvalue weighted by atomic mass is 10.1. The highest BCUT2D eigenvalue weighted by Gasteiger charge is 2.17. The molecule has 0 aromatic carbocycles. The van der Waals surface area contributed by atoms with Crippen LogP contribution in [0.3, 0.4) is 0 Å². The van der Waals surface area contributed by atoms with Gasteiger partial charge in [0.15, 0.2) is 5.76 Å². The molecule has 0 bridgehead atoms. The molecule has 1 atom stereocenters. The van der Waals surface area contributed by atoms with Gasteiger partial charge in [0.1, 0.15) is 25.3 Å². The smallest absolute Gasteiger partial charge is 0.408 e. The van der Waals surface area contributed by atoms with Gasteiger partial charge in [-0.3, -0.25) is 14.4 Å². The summed E-state index contributed by atoms with van der Waals surface area (Å²) >= 11 is 0. The quantitative estimate of drug-likeness (QED) is 0.111. The average Bonchev–Trinajstić information content (AvgIpc) is 2.95. The fraction of sp³-hybridized carbons (Fsp3) is 0.576. The van der Waals surface area contributed by atoms with Crippen LogP contribution >= 0.6 is 0 Å². The molecule has 0 aromatic rings. The fourth-order valence-electron chi connectivity index (χ4n) is 2.55. The molecule has 44 heavy (non-hydrogen) atoms. The number of nitrogens with one attached hydrogen (secondary N) is 3. The zero-order valence-electron chi connectivity index (χ0n) is 28.8. The van der Waals surface area contributed by atoms with Crippen LogP contribution in [0.2, 0.25) is 0 Å². The summed E-state index contributed by atoms with van der Waals surface area (Å²) in [5.74, 6) is 0.598. The summed E-state index contributed by atoms with van der Waals surface area (Å²) in [6.07, 6.45) is 8.00. The van der Waals surface area contributed by atoms with Gasteiger partial charge >= 0.3 is 12.1 Å². The number of carbonyl (C=O) groups excluding carboxylic acids is 4. The second-order valence-electron chi connectivity index (χ2n) is 10.0. The normalized spacial score (nSPS) is 11.2. The first-order chi connectivity index (χ1) is 20.6. The molecule has 3 amide bonds. The van der Waals surface area contributed by atoms with Crippen molar-refractivity contribution in [3.63, 3.8) is 0 Å². The van der Waals surface area contributed by atoms with E-state index in [0.717, 1.165) is 17.8 Å². The molecule has 0 saturated carbocycles. The lowest BCUT2D eigenvalue weighted by molar-refractivity contribution is -0.140. The Labute approximate surface area is 265 Å². The summed E-state index contributed by atoms with van der Waals surface area (Å²) in [4.78, 5) is 42.5. The maximum absolute atomic E-state index is 11.5. The Balaban J connectivity index is -0.000000262. The van der Waals surface area contributed by atoms with Crippen LogP contribution in [-0.4, -0.2) is 76.5 Å². The molecule has 0 aromatic heterocycles. The minimum Gasteiger partial charge on any atom is -0.481 e. The third-order valence-corrected chi connectivity index (χ3v) is 4.09. The SMILES string of the molecule is C=CCOC.C=CCOC1=C=C=C(C)C=C1.CC.CC(C)CC(C)NC(=O)CNC(=O)OC(C)(C)C.COC(=O)CNC=O. The van der Waals surface area contributed by atoms with E-state index in [-0.39, 0.29) is 25.0 Å². The average molecular weight is 624 g/mol. The number of hydrogen-bond donors (Lipinski definition) is 3. The molecule has 1 rings (SSSR count). The second-order valence-corrected chi connectivity index (χ2v) is 10.0. The molecule has 0 saturated heterocycles. The van der Waals surface area contributed by atoms with E-state index in [2.05, 4.69) is 63.9 Å². The van der Waals surface area contributed by atoms with Gasteiger partial charge in [0.25, 0.3) is 0 Å².